The number of nitrogens with one attached hydrogen (secondary N) is 1. The number of aromatic nitrogens is 2. The van der Waals surface area contributed by atoms with Crippen LogP contribution >= 0.6 is 11.3 Å². The first-order valence-electron chi connectivity index (χ1n) is 7.83. The topological polar surface area (TPSA) is 44.4 Å². The van der Waals surface area contributed by atoms with E-state index in [0.29, 0.717) is 12.1 Å². The van der Waals surface area contributed by atoms with Gasteiger partial charge in [0.2, 0.25) is 0 Å². The Balaban J connectivity index is 1.46. The number of thiazole rings is 1. The number of rotatable bonds is 2. The number of nitrogens with zero attached hydrogens (tertiary/aromatic N) is 3. The van der Waals surface area contributed by atoms with E-state index in [9.17, 15) is 0 Å². The molecule has 0 amide bonds. The molecule has 1 N–H and O–H groups in total. The second kappa shape index (κ2) is 5.59. The Kier molecular flexibility index (Phi) is 3.61. The van der Waals surface area contributed by atoms with Crippen molar-refractivity contribution < 1.29 is 4.74 Å². The molecule has 0 bridgehead atoms. The number of anilines is 1. The first kappa shape index (κ1) is 13.5. The standard InChI is InChI=1S/C15H22N4OS/c1-11-10-18(12-3-8-20-9-4-12)6-7-19(11)15-17-13-2-5-16-14(13)21-15/h2,5,11-12,16H,3-4,6-10H2,1H3. The van der Waals surface area contributed by atoms with E-state index in [1.54, 1.807) is 11.3 Å². The minimum atomic E-state index is 0.525. The minimum absolute atomic E-state index is 0.525. The number of H-pyrrole nitrogens is 1. The van der Waals surface area contributed by atoms with Gasteiger partial charge in [-0.25, -0.2) is 4.98 Å². The van der Waals surface area contributed by atoms with Gasteiger partial charge in [-0.15, -0.1) is 0 Å². The van der Waals surface area contributed by atoms with Gasteiger partial charge >= 0.3 is 0 Å². The molecule has 21 heavy (non-hydrogen) atoms. The predicted molar refractivity (Wildman–Crippen MR) is 86.2 cm³/mol. The lowest BCUT2D eigenvalue weighted by Crippen LogP contribution is -2.55. The maximum absolute atomic E-state index is 5.48. The zero-order valence-electron chi connectivity index (χ0n) is 12.4. The van der Waals surface area contributed by atoms with Gasteiger partial charge in [0.05, 0.1) is 0 Å². The van der Waals surface area contributed by atoms with E-state index in [-0.39, 0.29) is 0 Å². The molecule has 0 aromatic carbocycles. The highest BCUT2D eigenvalue weighted by molar-refractivity contribution is 7.21. The zero-order chi connectivity index (χ0) is 14.2. The number of hydrogen-bond donors (Lipinski definition) is 1. The lowest BCUT2D eigenvalue weighted by molar-refractivity contribution is 0.0280. The molecule has 1 atom stereocenters. The van der Waals surface area contributed by atoms with E-state index in [1.807, 2.05) is 6.20 Å². The van der Waals surface area contributed by atoms with Gasteiger partial charge in [0.25, 0.3) is 0 Å². The van der Waals surface area contributed by atoms with E-state index in [2.05, 4.69) is 27.8 Å². The van der Waals surface area contributed by atoms with Gasteiger partial charge < -0.3 is 14.6 Å². The average molecular weight is 306 g/mol. The summed E-state index contributed by atoms with van der Waals surface area (Å²) in [5, 5.41) is 1.16. The molecule has 0 spiro atoms. The summed E-state index contributed by atoms with van der Waals surface area (Å²) in [5.74, 6) is 0. The van der Waals surface area contributed by atoms with Crippen LogP contribution in [0.4, 0.5) is 5.13 Å². The monoisotopic (exact) mass is 306 g/mol. The van der Waals surface area contributed by atoms with E-state index in [4.69, 9.17) is 9.72 Å². The second-order valence-electron chi connectivity index (χ2n) is 6.07. The first-order valence-corrected chi connectivity index (χ1v) is 8.65. The average Bonchev–Trinajstić information content (AvgIpc) is 3.09. The van der Waals surface area contributed by atoms with Crippen LogP contribution in [0.25, 0.3) is 10.3 Å². The van der Waals surface area contributed by atoms with Crippen LogP contribution in [0, 0.1) is 0 Å². The van der Waals surface area contributed by atoms with Crippen LogP contribution in [-0.2, 0) is 4.74 Å². The van der Waals surface area contributed by atoms with Crippen LogP contribution in [0.1, 0.15) is 19.8 Å². The Bertz CT molecular complexity index is 575. The molecule has 2 aromatic rings. The minimum Gasteiger partial charge on any atom is -0.381 e. The molecular weight excluding hydrogens is 284 g/mol. The van der Waals surface area contributed by atoms with Gasteiger partial charge in [0, 0.05) is 51.1 Å². The number of fused-ring (bicyclic) bond motifs is 1. The van der Waals surface area contributed by atoms with Crippen LogP contribution in [-0.4, -0.2) is 59.8 Å². The third kappa shape index (κ3) is 2.56. The lowest BCUT2D eigenvalue weighted by Gasteiger charge is -2.44. The van der Waals surface area contributed by atoms with Gasteiger partial charge in [0.15, 0.2) is 5.13 Å². The van der Waals surface area contributed by atoms with Crippen molar-refractivity contribution in [3.05, 3.63) is 12.3 Å². The van der Waals surface area contributed by atoms with Crippen molar-refractivity contribution in [3.8, 4) is 0 Å². The van der Waals surface area contributed by atoms with Crippen LogP contribution in [0.15, 0.2) is 12.3 Å². The SMILES string of the molecule is CC1CN(C2CCOCC2)CCN1c1nc2cc[nH]c2s1. The van der Waals surface area contributed by atoms with Crippen LogP contribution < -0.4 is 4.90 Å². The van der Waals surface area contributed by atoms with Gasteiger partial charge in [-0.1, -0.05) is 11.3 Å². The van der Waals surface area contributed by atoms with E-state index >= 15 is 0 Å². The van der Waals surface area contributed by atoms with Gasteiger partial charge in [-0.3, -0.25) is 4.90 Å². The first-order chi connectivity index (χ1) is 10.3. The predicted octanol–water partition coefficient (Wildman–Crippen LogP) is 2.31. The summed E-state index contributed by atoms with van der Waals surface area (Å²) in [6.45, 7) is 7.53. The molecule has 114 valence electrons. The second-order valence-corrected chi connectivity index (χ2v) is 7.05. The molecule has 2 aliphatic rings. The Labute approximate surface area is 128 Å². The Hall–Kier alpha value is -1.11. The largest absolute Gasteiger partial charge is 0.381 e. The van der Waals surface area contributed by atoms with Crippen molar-refractivity contribution in [2.24, 2.45) is 0 Å². The maximum atomic E-state index is 5.48. The Morgan fingerprint density at radius 3 is 2.95 bits per heavy atom. The summed E-state index contributed by atoms with van der Waals surface area (Å²) in [4.78, 5) is 14.3. The number of piperazine rings is 1. The quantitative estimate of drug-likeness (QED) is 0.925. The summed E-state index contributed by atoms with van der Waals surface area (Å²) in [6, 6.07) is 3.30. The third-order valence-corrected chi connectivity index (χ3v) is 5.75. The number of ether oxygens (including phenoxy) is 1. The summed E-state index contributed by atoms with van der Waals surface area (Å²) < 4.78 is 5.48. The van der Waals surface area contributed by atoms with Crippen LogP contribution in [0.3, 0.4) is 0 Å². The fraction of sp³-hybridized carbons (Fsp3) is 0.667. The Morgan fingerprint density at radius 2 is 2.19 bits per heavy atom. The molecule has 0 saturated carbocycles. The van der Waals surface area contributed by atoms with Crippen molar-refractivity contribution in [3.63, 3.8) is 0 Å². The van der Waals surface area contributed by atoms with Crippen molar-refractivity contribution in [1.29, 1.82) is 0 Å². The molecule has 4 heterocycles. The number of aromatic amines is 1. The molecule has 1 unspecified atom stereocenters. The summed E-state index contributed by atoms with van der Waals surface area (Å²) in [7, 11) is 0. The molecular formula is C15H22N4OS. The summed E-state index contributed by atoms with van der Waals surface area (Å²) in [5.41, 5.74) is 1.09. The van der Waals surface area contributed by atoms with Gasteiger partial charge in [-0.2, -0.15) is 0 Å². The van der Waals surface area contributed by atoms with Crippen molar-refractivity contribution in [1.82, 2.24) is 14.9 Å². The van der Waals surface area contributed by atoms with E-state index in [0.717, 1.165) is 43.5 Å². The zero-order valence-corrected chi connectivity index (χ0v) is 13.2. The molecule has 5 nitrogen and oxygen atoms in total. The molecule has 2 fully saturated rings. The van der Waals surface area contributed by atoms with Gasteiger partial charge in [-0.05, 0) is 25.8 Å². The fourth-order valence-electron chi connectivity index (χ4n) is 3.51. The normalized spacial score (nSPS) is 25.8. The van der Waals surface area contributed by atoms with Gasteiger partial charge in [0.1, 0.15) is 10.3 Å². The molecule has 2 saturated heterocycles. The van der Waals surface area contributed by atoms with Crippen molar-refractivity contribution >= 4 is 26.8 Å². The highest BCUT2D eigenvalue weighted by Gasteiger charge is 2.30. The molecule has 0 aliphatic carbocycles. The smallest absolute Gasteiger partial charge is 0.188 e. The molecule has 6 heteroatoms. The highest BCUT2D eigenvalue weighted by Crippen LogP contribution is 2.30. The van der Waals surface area contributed by atoms with Crippen LogP contribution in [0.2, 0.25) is 0 Å². The van der Waals surface area contributed by atoms with Crippen molar-refractivity contribution in [2.75, 3.05) is 37.7 Å². The number of hydrogen-bond acceptors (Lipinski definition) is 5. The highest BCUT2D eigenvalue weighted by atomic mass is 32.1. The van der Waals surface area contributed by atoms with Crippen molar-refractivity contribution in [2.45, 2.75) is 31.8 Å². The molecule has 0 radical (unpaired) electrons. The van der Waals surface area contributed by atoms with E-state index < -0.39 is 0 Å². The lowest BCUT2D eigenvalue weighted by atomic mass is 10.0. The molecule has 4 rings (SSSR count). The molecule has 2 aliphatic heterocycles. The van der Waals surface area contributed by atoms with E-state index in [1.165, 1.54) is 17.7 Å². The molecule has 2 aromatic heterocycles. The maximum Gasteiger partial charge on any atom is 0.188 e. The Morgan fingerprint density at radius 1 is 1.33 bits per heavy atom. The summed E-state index contributed by atoms with van der Waals surface area (Å²) >= 11 is 1.77. The third-order valence-electron chi connectivity index (χ3n) is 4.71. The van der Waals surface area contributed by atoms with Crippen LogP contribution in [0.5, 0.6) is 0 Å². The summed E-state index contributed by atoms with van der Waals surface area (Å²) in [6.07, 6.45) is 4.34. The fourth-order valence-corrected chi connectivity index (χ4v) is 4.57.